The van der Waals surface area contributed by atoms with Crippen LogP contribution in [0.4, 0.5) is 0 Å². The summed E-state index contributed by atoms with van der Waals surface area (Å²) in [5, 5.41) is 3.10. The third-order valence-electron chi connectivity index (χ3n) is 4.48. The minimum Gasteiger partial charge on any atom is -0.441 e. The number of nitrogens with one attached hydrogen (secondary N) is 1. The highest BCUT2D eigenvalue weighted by Crippen LogP contribution is 2.20. The van der Waals surface area contributed by atoms with Crippen molar-refractivity contribution in [3.63, 3.8) is 0 Å². The van der Waals surface area contributed by atoms with Gasteiger partial charge < -0.3 is 14.3 Å². The molecule has 2 aromatic heterocycles. The summed E-state index contributed by atoms with van der Waals surface area (Å²) in [5.74, 6) is 2.46. The highest BCUT2D eigenvalue weighted by atomic mass is 16.4. The Bertz CT molecular complexity index is 853. The van der Waals surface area contributed by atoms with Gasteiger partial charge in [0.1, 0.15) is 5.82 Å². The number of fused-ring (bicyclic) bond motifs is 1. The van der Waals surface area contributed by atoms with E-state index in [1.807, 2.05) is 42.7 Å². The maximum atomic E-state index is 12.2. The van der Waals surface area contributed by atoms with E-state index in [1.54, 1.807) is 6.20 Å². The molecule has 0 radical (unpaired) electrons. The van der Waals surface area contributed by atoms with Crippen molar-refractivity contribution in [1.29, 1.82) is 0 Å². The molecule has 0 unspecified atom stereocenters. The average molecular weight is 336 g/mol. The third kappa shape index (κ3) is 3.63. The maximum Gasteiger partial charge on any atom is 0.220 e. The molecule has 1 N–H and O–H groups in total. The van der Waals surface area contributed by atoms with Crippen LogP contribution < -0.4 is 5.32 Å². The van der Waals surface area contributed by atoms with Crippen LogP contribution in [0.2, 0.25) is 0 Å². The van der Waals surface area contributed by atoms with Crippen molar-refractivity contribution >= 4 is 5.91 Å². The van der Waals surface area contributed by atoms with Crippen LogP contribution in [-0.2, 0) is 24.2 Å². The summed E-state index contributed by atoms with van der Waals surface area (Å²) >= 11 is 0. The standard InChI is InChI=1S/C19H20N4O2/c24-18(22-15-6-7-17-20-10-11-23(17)13-15)8-9-19-21-12-16(25-19)14-4-2-1-3-5-14/h1-5,10-12,15H,6-9,13H2,(H,22,24)/t15-/m1/s1. The van der Waals surface area contributed by atoms with E-state index in [9.17, 15) is 4.79 Å². The summed E-state index contributed by atoms with van der Waals surface area (Å²) in [5.41, 5.74) is 0.990. The smallest absolute Gasteiger partial charge is 0.220 e. The molecule has 1 atom stereocenters. The lowest BCUT2D eigenvalue weighted by atomic mass is 10.1. The van der Waals surface area contributed by atoms with Gasteiger partial charge in [0.05, 0.1) is 6.20 Å². The quantitative estimate of drug-likeness (QED) is 0.777. The van der Waals surface area contributed by atoms with Crippen molar-refractivity contribution in [2.45, 2.75) is 38.3 Å². The van der Waals surface area contributed by atoms with E-state index in [0.717, 1.165) is 36.5 Å². The van der Waals surface area contributed by atoms with Crippen molar-refractivity contribution in [2.75, 3.05) is 0 Å². The number of nitrogens with zero attached hydrogens (tertiary/aromatic N) is 3. The maximum absolute atomic E-state index is 12.2. The van der Waals surface area contributed by atoms with E-state index in [4.69, 9.17) is 4.42 Å². The van der Waals surface area contributed by atoms with Gasteiger partial charge in [-0.15, -0.1) is 0 Å². The van der Waals surface area contributed by atoms with Crippen LogP contribution in [0.3, 0.4) is 0 Å². The first kappa shape index (κ1) is 15.6. The minimum atomic E-state index is 0.0352. The van der Waals surface area contributed by atoms with E-state index >= 15 is 0 Å². The van der Waals surface area contributed by atoms with Crippen molar-refractivity contribution < 1.29 is 9.21 Å². The first-order valence-corrected chi connectivity index (χ1v) is 8.57. The molecule has 3 aromatic rings. The Hall–Kier alpha value is -2.89. The molecule has 128 valence electrons. The Balaban J connectivity index is 1.29. The number of carbonyl (C=O) groups is 1. The predicted octanol–water partition coefficient (Wildman–Crippen LogP) is 2.60. The molecule has 1 aliphatic heterocycles. The molecule has 6 heteroatoms. The van der Waals surface area contributed by atoms with Gasteiger partial charge in [-0.05, 0) is 6.42 Å². The van der Waals surface area contributed by atoms with Gasteiger partial charge in [-0.3, -0.25) is 4.79 Å². The molecule has 1 aromatic carbocycles. The van der Waals surface area contributed by atoms with Crippen LogP contribution in [0.1, 0.15) is 24.6 Å². The number of hydrogen-bond donors (Lipinski definition) is 1. The van der Waals surface area contributed by atoms with Crippen LogP contribution in [0.5, 0.6) is 0 Å². The lowest BCUT2D eigenvalue weighted by Gasteiger charge is -2.24. The number of aromatic nitrogens is 3. The number of carbonyl (C=O) groups excluding carboxylic acids is 1. The van der Waals surface area contributed by atoms with Gasteiger partial charge >= 0.3 is 0 Å². The topological polar surface area (TPSA) is 73.0 Å². The number of amides is 1. The number of oxazole rings is 1. The molecule has 0 aliphatic carbocycles. The van der Waals surface area contributed by atoms with Crippen molar-refractivity contribution in [2.24, 2.45) is 0 Å². The Morgan fingerprint density at radius 1 is 1.28 bits per heavy atom. The van der Waals surface area contributed by atoms with Gasteiger partial charge in [0.15, 0.2) is 11.7 Å². The molecule has 0 bridgehead atoms. The Morgan fingerprint density at radius 2 is 2.16 bits per heavy atom. The second-order valence-electron chi connectivity index (χ2n) is 6.28. The summed E-state index contributed by atoms with van der Waals surface area (Å²) in [7, 11) is 0. The van der Waals surface area contributed by atoms with Gasteiger partial charge in [0.2, 0.25) is 5.91 Å². The SMILES string of the molecule is O=C(CCc1ncc(-c2ccccc2)o1)N[C@@H]1CCc2nccn2C1. The minimum absolute atomic E-state index is 0.0352. The van der Waals surface area contributed by atoms with Gasteiger partial charge in [0.25, 0.3) is 0 Å². The molecule has 4 rings (SSSR count). The number of aryl methyl sites for hydroxylation is 2. The van der Waals surface area contributed by atoms with Crippen molar-refractivity contribution in [3.05, 3.63) is 60.6 Å². The van der Waals surface area contributed by atoms with Gasteiger partial charge in [-0.2, -0.15) is 0 Å². The van der Waals surface area contributed by atoms with E-state index in [0.29, 0.717) is 18.7 Å². The molecular formula is C19H20N4O2. The van der Waals surface area contributed by atoms with Gasteiger partial charge in [0, 0.05) is 49.8 Å². The number of hydrogen-bond acceptors (Lipinski definition) is 4. The second kappa shape index (κ2) is 6.93. The van der Waals surface area contributed by atoms with E-state index in [1.165, 1.54) is 0 Å². The van der Waals surface area contributed by atoms with E-state index < -0.39 is 0 Å². The highest BCUT2D eigenvalue weighted by molar-refractivity contribution is 5.76. The van der Waals surface area contributed by atoms with Crippen molar-refractivity contribution in [1.82, 2.24) is 19.9 Å². The van der Waals surface area contributed by atoms with Gasteiger partial charge in [-0.1, -0.05) is 30.3 Å². The monoisotopic (exact) mass is 336 g/mol. The second-order valence-corrected chi connectivity index (χ2v) is 6.28. The Morgan fingerprint density at radius 3 is 3.04 bits per heavy atom. The van der Waals surface area contributed by atoms with E-state index in [-0.39, 0.29) is 11.9 Å². The highest BCUT2D eigenvalue weighted by Gasteiger charge is 2.20. The predicted molar refractivity (Wildman–Crippen MR) is 92.7 cm³/mol. The molecule has 1 amide bonds. The van der Waals surface area contributed by atoms with Crippen molar-refractivity contribution in [3.8, 4) is 11.3 Å². The Kier molecular flexibility index (Phi) is 4.33. The third-order valence-corrected chi connectivity index (χ3v) is 4.48. The first-order chi connectivity index (χ1) is 12.3. The molecular weight excluding hydrogens is 316 g/mol. The fraction of sp³-hybridized carbons (Fsp3) is 0.316. The van der Waals surface area contributed by atoms with Gasteiger partial charge in [-0.25, -0.2) is 9.97 Å². The molecule has 0 fully saturated rings. The van der Waals surface area contributed by atoms with Crippen LogP contribution in [0.25, 0.3) is 11.3 Å². The van der Waals surface area contributed by atoms with Crippen LogP contribution in [0.15, 0.2) is 53.3 Å². The molecule has 25 heavy (non-hydrogen) atoms. The average Bonchev–Trinajstić information content (AvgIpc) is 3.30. The molecule has 0 saturated carbocycles. The zero-order valence-electron chi connectivity index (χ0n) is 13.9. The van der Waals surface area contributed by atoms with E-state index in [2.05, 4.69) is 19.9 Å². The fourth-order valence-electron chi connectivity index (χ4n) is 3.17. The molecule has 0 spiro atoms. The van der Waals surface area contributed by atoms with Crippen LogP contribution in [-0.4, -0.2) is 26.5 Å². The van der Waals surface area contributed by atoms with Crippen LogP contribution in [0, 0.1) is 0 Å². The van der Waals surface area contributed by atoms with Crippen LogP contribution >= 0.6 is 0 Å². The largest absolute Gasteiger partial charge is 0.441 e. The summed E-state index contributed by atoms with van der Waals surface area (Å²) < 4.78 is 7.85. The zero-order chi connectivity index (χ0) is 17.1. The lowest BCUT2D eigenvalue weighted by molar-refractivity contribution is -0.122. The Labute approximate surface area is 145 Å². The fourth-order valence-corrected chi connectivity index (χ4v) is 3.17. The summed E-state index contributed by atoms with van der Waals surface area (Å²) in [4.78, 5) is 20.8. The molecule has 6 nitrogen and oxygen atoms in total. The summed E-state index contributed by atoms with van der Waals surface area (Å²) in [6, 6.07) is 10.00. The molecule has 1 aliphatic rings. The molecule has 0 saturated heterocycles. The normalized spacial score (nSPS) is 16.4. The summed E-state index contributed by atoms with van der Waals surface area (Å²) in [6.07, 6.45) is 8.20. The number of imidazole rings is 1. The number of benzene rings is 1. The number of rotatable bonds is 5. The lowest BCUT2D eigenvalue weighted by Crippen LogP contribution is -2.40. The summed E-state index contributed by atoms with van der Waals surface area (Å²) in [6.45, 7) is 0.790. The first-order valence-electron chi connectivity index (χ1n) is 8.57. The zero-order valence-corrected chi connectivity index (χ0v) is 13.9. The molecule has 3 heterocycles.